The Morgan fingerprint density at radius 2 is 2.06 bits per heavy atom. The Labute approximate surface area is 109 Å². The summed E-state index contributed by atoms with van der Waals surface area (Å²) in [5, 5.41) is 0.836. The number of nitrogens with zero attached hydrogens (tertiary/aromatic N) is 1. The van der Waals surface area contributed by atoms with Gasteiger partial charge in [-0.3, -0.25) is 0 Å². The van der Waals surface area contributed by atoms with Gasteiger partial charge in [0.05, 0.1) is 10.7 Å². The van der Waals surface area contributed by atoms with Crippen molar-refractivity contribution in [3.05, 3.63) is 28.8 Å². The van der Waals surface area contributed by atoms with Gasteiger partial charge in [0.15, 0.2) is 0 Å². The number of anilines is 1. The molecule has 0 aromatic heterocycles. The van der Waals surface area contributed by atoms with Crippen LogP contribution in [0.3, 0.4) is 0 Å². The van der Waals surface area contributed by atoms with Gasteiger partial charge >= 0.3 is 0 Å². The molecule has 1 fully saturated rings. The normalized spacial score (nSPS) is 17.5. The highest BCUT2D eigenvalue weighted by molar-refractivity contribution is 6.33. The summed E-state index contributed by atoms with van der Waals surface area (Å²) in [7, 11) is 0. The molecule has 0 saturated carbocycles. The summed E-state index contributed by atoms with van der Waals surface area (Å²) in [6.07, 6.45) is 3.87. The molecule has 1 aliphatic heterocycles. The first-order valence-electron chi connectivity index (χ1n) is 6.48. The Balaban J connectivity index is 2.08. The van der Waals surface area contributed by atoms with E-state index in [4.69, 9.17) is 17.3 Å². The molecule has 3 heteroatoms. The first kappa shape index (κ1) is 12.7. The molecule has 0 radical (unpaired) electrons. The van der Waals surface area contributed by atoms with E-state index in [1.165, 1.54) is 24.9 Å². The summed E-state index contributed by atoms with van der Waals surface area (Å²) in [5.74, 6) is 0.897. The van der Waals surface area contributed by atoms with Crippen molar-refractivity contribution in [2.24, 2.45) is 11.7 Å². The first-order chi connectivity index (χ1) is 8.24. The standard InChI is InChI=1S/C14H21ClN2/c1-2-11-5-7-17(8-6-11)14-4-3-12(10-16)9-13(14)15/h3-4,9,11H,2,5-8,10,16H2,1H3. The monoisotopic (exact) mass is 252 g/mol. The van der Waals surface area contributed by atoms with Crippen molar-refractivity contribution in [3.8, 4) is 0 Å². The van der Waals surface area contributed by atoms with Gasteiger partial charge in [-0.15, -0.1) is 0 Å². The minimum atomic E-state index is 0.553. The number of hydrogen-bond acceptors (Lipinski definition) is 2. The fourth-order valence-electron chi connectivity index (χ4n) is 2.52. The molecule has 2 N–H and O–H groups in total. The lowest BCUT2D eigenvalue weighted by atomic mass is 9.94. The molecule has 0 amide bonds. The predicted molar refractivity (Wildman–Crippen MR) is 74.6 cm³/mol. The molecular formula is C14H21ClN2. The zero-order valence-corrected chi connectivity index (χ0v) is 11.2. The van der Waals surface area contributed by atoms with Crippen LogP contribution >= 0.6 is 11.6 Å². The third-order valence-corrected chi connectivity index (χ3v) is 4.08. The second kappa shape index (κ2) is 5.74. The molecule has 0 atom stereocenters. The number of piperidine rings is 1. The highest BCUT2D eigenvalue weighted by atomic mass is 35.5. The van der Waals surface area contributed by atoms with Crippen LogP contribution in [-0.4, -0.2) is 13.1 Å². The molecule has 0 bridgehead atoms. The second-order valence-corrected chi connectivity index (χ2v) is 5.24. The maximum atomic E-state index is 6.31. The van der Waals surface area contributed by atoms with Gasteiger partial charge in [0.25, 0.3) is 0 Å². The lowest BCUT2D eigenvalue weighted by Gasteiger charge is -2.33. The minimum absolute atomic E-state index is 0.553. The van der Waals surface area contributed by atoms with Gasteiger partial charge < -0.3 is 10.6 Å². The average molecular weight is 253 g/mol. The molecule has 2 rings (SSSR count). The average Bonchev–Trinajstić information content (AvgIpc) is 2.39. The largest absolute Gasteiger partial charge is 0.370 e. The van der Waals surface area contributed by atoms with Crippen LogP contribution in [0.25, 0.3) is 0 Å². The van der Waals surface area contributed by atoms with E-state index in [9.17, 15) is 0 Å². The molecule has 1 aromatic carbocycles. The Morgan fingerprint density at radius 1 is 1.35 bits per heavy atom. The van der Waals surface area contributed by atoms with Crippen LogP contribution in [0.5, 0.6) is 0 Å². The van der Waals surface area contributed by atoms with Gasteiger partial charge in [-0.1, -0.05) is 31.0 Å². The zero-order valence-electron chi connectivity index (χ0n) is 10.5. The number of hydrogen-bond donors (Lipinski definition) is 1. The summed E-state index contributed by atoms with van der Waals surface area (Å²) in [6.45, 7) is 5.08. The Hall–Kier alpha value is -0.730. The molecule has 0 aliphatic carbocycles. The van der Waals surface area contributed by atoms with Crippen molar-refractivity contribution in [1.82, 2.24) is 0 Å². The van der Waals surface area contributed by atoms with Gasteiger partial charge in [-0.2, -0.15) is 0 Å². The lowest BCUT2D eigenvalue weighted by Crippen LogP contribution is -2.33. The van der Waals surface area contributed by atoms with Crippen molar-refractivity contribution in [3.63, 3.8) is 0 Å². The molecule has 94 valence electrons. The fraction of sp³-hybridized carbons (Fsp3) is 0.571. The number of rotatable bonds is 3. The van der Waals surface area contributed by atoms with Crippen LogP contribution in [0.1, 0.15) is 31.7 Å². The summed E-state index contributed by atoms with van der Waals surface area (Å²) in [4.78, 5) is 2.40. The van der Waals surface area contributed by atoms with Crippen LogP contribution in [0, 0.1) is 5.92 Å². The van der Waals surface area contributed by atoms with E-state index >= 15 is 0 Å². The van der Waals surface area contributed by atoms with Crippen LogP contribution in [-0.2, 0) is 6.54 Å². The first-order valence-corrected chi connectivity index (χ1v) is 6.85. The smallest absolute Gasteiger partial charge is 0.0642 e. The van der Waals surface area contributed by atoms with E-state index in [0.717, 1.165) is 29.6 Å². The van der Waals surface area contributed by atoms with E-state index < -0.39 is 0 Å². The summed E-state index contributed by atoms with van der Waals surface area (Å²) < 4.78 is 0. The van der Waals surface area contributed by atoms with Crippen molar-refractivity contribution >= 4 is 17.3 Å². The Morgan fingerprint density at radius 3 is 2.59 bits per heavy atom. The van der Waals surface area contributed by atoms with Crippen LogP contribution in [0.4, 0.5) is 5.69 Å². The highest BCUT2D eigenvalue weighted by Crippen LogP contribution is 2.31. The minimum Gasteiger partial charge on any atom is -0.370 e. The topological polar surface area (TPSA) is 29.3 Å². The van der Waals surface area contributed by atoms with Crippen molar-refractivity contribution in [2.45, 2.75) is 32.7 Å². The molecule has 0 spiro atoms. The summed E-state index contributed by atoms with van der Waals surface area (Å²) in [5.41, 5.74) is 7.88. The van der Waals surface area contributed by atoms with Crippen LogP contribution in [0.2, 0.25) is 5.02 Å². The zero-order chi connectivity index (χ0) is 12.3. The Kier molecular flexibility index (Phi) is 4.30. The van der Waals surface area contributed by atoms with Gasteiger partial charge in [0, 0.05) is 19.6 Å². The van der Waals surface area contributed by atoms with E-state index in [0.29, 0.717) is 6.54 Å². The van der Waals surface area contributed by atoms with Crippen molar-refractivity contribution in [2.75, 3.05) is 18.0 Å². The maximum Gasteiger partial charge on any atom is 0.0642 e. The summed E-state index contributed by atoms with van der Waals surface area (Å²) in [6, 6.07) is 6.17. The molecule has 2 nitrogen and oxygen atoms in total. The van der Waals surface area contributed by atoms with Crippen molar-refractivity contribution < 1.29 is 0 Å². The molecule has 1 saturated heterocycles. The molecule has 1 aromatic rings. The van der Waals surface area contributed by atoms with E-state index in [-0.39, 0.29) is 0 Å². The van der Waals surface area contributed by atoms with Gasteiger partial charge in [-0.25, -0.2) is 0 Å². The molecule has 1 aliphatic rings. The van der Waals surface area contributed by atoms with E-state index in [1.807, 2.05) is 6.07 Å². The lowest BCUT2D eigenvalue weighted by molar-refractivity contribution is 0.395. The quantitative estimate of drug-likeness (QED) is 0.893. The maximum absolute atomic E-state index is 6.31. The highest BCUT2D eigenvalue weighted by Gasteiger charge is 2.19. The molecule has 17 heavy (non-hydrogen) atoms. The fourth-order valence-corrected chi connectivity index (χ4v) is 2.84. The number of nitrogens with two attached hydrogens (primary N) is 1. The Bertz CT molecular complexity index is 370. The molecule has 0 unspecified atom stereocenters. The van der Waals surface area contributed by atoms with Gasteiger partial charge in [0.1, 0.15) is 0 Å². The third kappa shape index (κ3) is 2.93. The molecular weight excluding hydrogens is 232 g/mol. The van der Waals surface area contributed by atoms with Crippen LogP contribution < -0.4 is 10.6 Å². The summed E-state index contributed by atoms with van der Waals surface area (Å²) >= 11 is 6.31. The predicted octanol–water partition coefficient (Wildman–Crippen LogP) is 3.43. The number of benzene rings is 1. The molecule has 1 heterocycles. The van der Waals surface area contributed by atoms with Crippen molar-refractivity contribution in [1.29, 1.82) is 0 Å². The van der Waals surface area contributed by atoms with Gasteiger partial charge in [-0.05, 0) is 36.5 Å². The second-order valence-electron chi connectivity index (χ2n) is 4.83. The van der Waals surface area contributed by atoms with E-state index in [1.54, 1.807) is 0 Å². The van der Waals surface area contributed by atoms with E-state index in [2.05, 4.69) is 24.0 Å². The third-order valence-electron chi connectivity index (χ3n) is 3.78. The number of halogens is 1. The van der Waals surface area contributed by atoms with Gasteiger partial charge in [0.2, 0.25) is 0 Å². The SMILES string of the molecule is CCC1CCN(c2ccc(CN)cc2Cl)CC1. The van der Waals surface area contributed by atoms with Crippen LogP contribution in [0.15, 0.2) is 18.2 Å².